The van der Waals surface area contributed by atoms with Crippen molar-refractivity contribution in [3.05, 3.63) is 34.6 Å². The maximum Gasteiger partial charge on any atom is 0.255 e. The summed E-state index contributed by atoms with van der Waals surface area (Å²) in [6.45, 7) is 8.68. The molecule has 0 unspecified atom stereocenters. The van der Waals surface area contributed by atoms with Gasteiger partial charge in [-0.2, -0.15) is 0 Å². The van der Waals surface area contributed by atoms with E-state index in [0.29, 0.717) is 24.6 Å². The molecule has 1 saturated heterocycles. The number of hydrogen-bond acceptors (Lipinski definition) is 2. The number of carbonyl (C=O) groups is 1. The monoisotopic (exact) mass is 312 g/mol. The molecule has 2 rings (SSSR count). The highest BCUT2D eigenvalue weighted by molar-refractivity contribution is 6.33. The average molecular weight is 313 g/mol. The molecule has 1 amide bonds. The van der Waals surface area contributed by atoms with Crippen LogP contribution in [0.5, 0.6) is 0 Å². The van der Waals surface area contributed by atoms with E-state index in [9.17, 15) is 9.18 Å². The van der Waals surface area contributed by atoms with E-state index in [1.165, 1.54) is 24.6 Å². The number of hydrogen-bond donors (Lipinski definition) is 0. The third-order valence-electron chi connectivity index (χ3n) is 4.09. The van der Waals surface area contributed by atoms with E-state index in [1.807, 2.05) is 0 Å². The van der Waals surface area contributed by atoms with Gasteiger partial charge in [-0.25, -0.2) is 4.39 Å². The minimum Gasteiger partial charge on any atom is -0.336 e. The summed E-state index contributed by atoms with van der Waals surface area (Å²) < 4.78 is 13.0. The maximum absolute atomic E-state index is 13.0. The van der Waals surface area contributed by atoms with Crippen molar-refractivity contribution in [1.29, 1.82) is 0 Å². The molecule has 0 aromatic heterocycles. The molecule has 1 atom stereocenters. The van der Waals surface area contributed by atoms with E-state index in [2.05, 4.69) is 18.7 Å². The van der Waals surface area contributed by atoms with Crippen LogP contribution in [0.2, 0.25) is 5.02 Å². The topological polar surface area (TPSA) is 23.6 Å². The lowest BCUT2D eigenvalue weighted by Crippen LogP contribution is -2.49. The third kappa shape index (κ3) is 4.17. The smallest absolute Gasteiger partial charge is 0.255 e. The lowest BCUT2D eigenvalue weighted by molar-refractivity contribution is 0.0620. The van der Waals surface area contributed by atoms with Gasteiger partial charge in [-0.1, -0.05) is 31.9 Å². The molecular weight excluding hydrogens is 291 g/mol. The van der Waals surface area contributed by atoms with Crippen LogP contribution >= 0.6 is 11.6 Å². The molecule has 0 radical (unpaired) electrons. The van der Waals surface area contributed by atoms with Crippen molar-refractivity contribution >= 4 is 17.5 Å². The molecule has 5 heteroatoms. The number of rotatable bonds is 4. The molecule has 0 aliphatic carbocycles. The first kappa shape index (κ1) is 16.2. The number of piperazine rings is 1. The summed E-state index contributed by atoms with van der Waals surface area (Å²) >= 11 is 5.96. The zero-order valence-electron chi connectivity index (χ0n) is 12.6. The Hall–Kier alpha value is -1.13. The van der Waals surface area contributed by atoms with Crippen molar-refractivity contribution in [2.75, 3.05) is 32.7 Å². The zero-order valence-corrected chi connectivity index (χ0v) is 13.4. The minimum atomic E-state index is -0.421. The highest BCUT2D eigenvalue weighted by Crippen LogP contribution is 2.20. The van der Waals surface area contributed by atoms with Gasteiger partial charge in [0.15, 0.2) is 0 Å². The van der Waals surface area contributed by atoms with Crippen LogP contribution in [0.25, 0.3) is 0 Å². The first-order valence-corrected chi connectivity index (χ1v) is 7.85. The lowest BCUT2D eigenvalue weighted by atomic mass is 10.1. The SMILES string of the molecule is CC[C@@H](C)CN1CCN(C(=O)c2ccc(F)cc2Cl)CC1. The Morgan fingerprint density at radius 1 is 1.33 bits per heavy atom. The van der Waals surface area contributed by atoms with Crippen LogP contribution in [0, 0.1) is 11.7 Å². The van der Waals surface area contributed by atoms with Crippen molar-refractivity contribution in [1.82, 2.24) is 9.80 Å². The Bertz CT molecular complexity index is 501. The molecule has 116 valence electrons. The van der Waals surface area contributed by atoms with Gasteiger partial charge in [-0.05, 0) is 24.1 Å². The van der Waals surface area contributed by atoms with Crippen LogP contribution in [0.4, 0.5) is 4.39 Å². The standard InChI is InChI=1S/C16H22ClFN2O/c1-3-12(2)11-19-6-8-20(9-7-19)16(21)14-5-4-13(18)10-15(14)17/h4-5,10,12H,3,6-9,11H2,1-2H3/t12-/m1/s1. The molecule has 0 spiro atoms. The van der Waals surface area contributed by atoms with E-state index in [-0.39, 0.29) is 10.9 Å². The summed E-state index contributed by atoms with van der Waals surface area (Å²) in [5.41, 5.74) is 0.383. The Morgan fingerprint density at radius 3 is 2.57 bits per heavy atom. The molecule has 1 aromatic carbocycles. The molecule has 1 aliphatic rings. The first-order valence-electron chi connectivity index (χ1n) is 7.48. The number of nitrogens with zero attached hydrogens (tertiary/aromatic N) is 2. The fraction of sp³-hybridized carbons (Fsp3) is 0.562. The molecule has 0 bridgehead atoms. The summed E-state index contributed by atoms with van der Waals surface area (Å²) in [4.78, 5) is 16.6. The summed E-state index contributed by atoms with van der Waals surface area (Å²) in [5.74, 6) is 0.150. The van der Waals surface area contributed by atoms with Crippen molar-refractivity contribution in [2.24, 2.45) is 5.92 Å². The van der Waals surface area contributed by atoms with E-state index >= 15 is 0 Å². The van der Waals surface area contributed by atoms with Crippen molar-refractivity contribution in [3.8, 4) is 0 Å². The molecule has 1 heterocycles. The van der Waals surface area contributed by atoms with Gasteiger partial charge in [0.1, 0.15) is 5.82 Å². The second-order valence-electron chi connectivity index (χ2n) is 5.73. The van der Waals surface area contributed by atoms with Crippen molar-refractivity contribution in [3.63, 3.8) is 0 Å². The first-order chi connectivity index (χ1) is 10.0. The van der Waals surface area contributed by atoms with Gasteiger partial charge in [-0.15, -0.1) is 0 Å². The van der Waals surface area contributed by atoms with E-state index in [4.69, 9.17) is 11.6 Å². The highest BCUT2D eigenvalue weighted by atomic mass is 35.5. The molecule has 21 heavy (non-hydrogen) atoms. The second-order valence-corrected chi connectivity index (χ2v) is 6.14. The van der Waals surface area contributed by atoms with Crippen LogP contribution < -0.4 is 0 Å². The fourth-order valence-corrected chi connectivity index (χ4v) is 2.78. The van der Waals surface area contributed by atoms with Crippen molar-refractivity contribution in [2.45, 2.75) is 20.3 Å². The zero-order chi connectivity index (χ0) is 15.4. The molecule has 1 fully saturated rings. The largest absolute Gasteiger partial charge is 0.336 e. The Balaban J connectivity index is 1.94. The summed E-state index contributed by atoms with van der Waals surface area (Å²) in [5, 5.41) is 0.182. The van der Waals surface area contributed by atoms with Crippen molar-refractivity contribution < 1.29 is 9.18 Å². The Labute approximate surface area is 130 Å². The van der Waals surface area contributed by atoms with Gasteiger partial charge in [-0.3, -0.25) is 9.69 Å². The summed E-state index contributed by atoms with van der Waals surface area (Å²) in [7, 11) is 0. The predicted octanol–water partition coefficient (Wildman–Crippen LogP) is 3.28. The van der Waals surface area contributed by atoms with Gasteiger partial charge < -0.3 is 4.90 Å². The average Bonchev–Trinajstić information content (AvgIpc) is 2.47. The fourth-order valence-electron chi connectivity index (χ4n) is 2.54. The Morgan fingerprint density at radius 2 is 2.00 bits per heavy atom. The van der Waals surface area contributed by atoms with Crippen LogP contribution in [0.3, 0.4) is 0 Å². The maximum atomic E-state index is 13.0. The van der Waals surface area contributed by atoms with Gasteiger partial charge >= 0.3 is 0 Å². The number of halogens is 2. The van der Waals surface area contributed by atoms with Crippen LogP contribution in [-0.2, 0) is 0 Å². The summed E-state index contributed by atoms with van der Waals surface area (Å²) in [6.07, 6.45) is 1.17. The van der Waals surface area contributed by atoms with Gasteiger partial charge in [0.25, 0.3) is 5.91 Å². The van der Waals surface area contributed by atoms with Crippen LogP contribution in [0.1, 0.15) is 30.6 Å². The van der Waals surface area contributed by atoms with Crippen LogP contribution in [-0.4, -0.2) is 48.4 Å². The van der Waals surface area contributed by atoms with Gasteiger partial charge in [0.2, 0.25) is 0 Å². The molecule has 0 N–H and O–H groups in total. The van der Waals surface area contributed by atoms with Crippen LogP contribution in [0.15, 0.2) is 18.2 Å². The predicted molar refractivity (Wildman–Crippen MR) is 83.2 cm³/mol. The minimum absolute atomic E-state index is 0.108. The molecule has 3 nitrogen and oxygen atoms in total. The highest BCUT2D eigenvalue weighted by Gasteiger charge is 2.24. The molecule has 1 aromatic rings. The third-order valence-corrected chi connectivity index (χ3v) is 4.40. The van der Waals surface area contributed by atoms with Gasteiger partial charge in [0.05, 0.1) is 10.6 Å². The number of amides is 1. The Kier molecular flexibility index (Phi) is 5.59. The normalized spacial score (nSPS) is 17.8. The van der Waals surface area contributed by atoms with E-state index < -0.39 is 5.82 Å². The molecule has 0 saturated carbocycles. The van der Waals surface area contributed by atoms with E-state index in [0.717, 1.165) is 19.6 Å². The molecular formula is C16H22ClFN2O. The molecule has 1 aliphatic heterocycles. The summed E-state index contributed by atoms with van der Waals surface area (Å²) in [6, 6.07) is 3.93. The van der Waals surface area contributed by atoms with E-state index in [1.54, 1.807) is 4.90 Å². The number of carbonyl (C=O) groups excluding carboxylic acids is 1. The van der Waals surface area contributed by atoms with Gasteiger partial charge in [0, 0.05) is 32.7 Å². The lowest BCUT2D eigenvalue weighted by Gasteiger charge is -2.36. The quantitative estimate of drug-likeness (QED) is 0.852. The second kappa shape index (κ2) is 7.23. The number of benzene rings is 1.